The maximum absolute atomic E-state index is 11.9. The molecule has 148 valence electrons. The molecule has 3 rings (SSSR count). The highest BCUT2D eigenvalue weighted by atomic mass is 16.2. The van der Waals surface area contributed by atoms with E-state index in [9.17, 15) is 9.59 Å². The summed E-state index contributed by atoms with van der Waals surface area (Å²) in [6.07, 6.45) is 3.38. The summed E-state index contributed by atoms with van der Waals surface area (Å²) in [5, 5.41) is 19.6. The molecular formula is C20H21N7O2. The number of anilines is 3. The smallest absolute Gasteiger partial charge is 0.251 e. The summed E-state index contributed by atoms with van der Waals surface area (Å²) in [6.45, 7) is 0.784. The number of rotatable bonds is 9. The molecule has 0 unspecified atom stereocenters. The van der Waals surface area contributed by atoms with E-state index in [0.717, 1.165) is 5.69 Å². The van der Waals surface area contributed by atoms with Crippen molar-refractivity contribution in [3.63, 3.8) is 0 Å². The van der Waals surface area contributed by atoms with Crippen molar-refractivity contribution in [2.75, 3.05) is 30.3 Å². The second-order valence-corrected chi connectivity index (χ2v) is 5.99. The number of hydrogen-bond donors (Lipinski definition) is 4. The van der Waals surface area contributed by atoms with Crippen LogP contribution in [0, 0.1) is 0 Å². The summed E-state index contributed by atoms with van der Waals surface area (Å²) in [5.41, 5.74) is 1.39. The van der Waals surface area contributed by atoms with Crippen molar-refractivity contribution in [2.45, 2.75) is 0 Å². The van der Waals surface area contributed by atoms with Gasteiger partial charge in [0.15, 0.2) is 5.82 Å². The third-order valence-electron chi connectivity index (χ3n) is 3.82. The van der Waals surface area contributed by atoms with Gasteiger partial charge >= 0.3 is 0 Å². The van der Waals surface area contributed by atoms with Gasteiger partial charge in [-0.3, -0.25) is 14.6 Å². The standard InChI is InChI=1S/C20H21N7O2/c28-19(14-24-20(29)15-4-2-1-3-5-15)23-13-12-22-17-6-7-18(27-26-17)25-16-8-10-21-11-9-16/h1-11H,12-14H2,(H,22,26)(H,23,28)(H,24,29)(H,21,25,27). The number of amides is 2. The molecule has 0 aliphatic heterocycles. The quantitative estimate of drug-likeness (QED) is 0.409. The molecule has 0 aliphatic rings. The van der Waals surface area contributed by atoms with E-state index >= 15 is 0 Å². The van der Waals surface area contributed by atoms with Crippen molar-refractivity contribution >= 4 is 29.1 Å². The van der Waals surface area contributed by atoms with Crippen LogP contribution >= 0.6 is 0 Å². The molecule has 0 saturated carbocycles. The first-order valence-electron chi connectivity index (χ1n) is 9.05. The highest BCUT2D eigenvalue weighted by molar-refractivity contribution is 5.96. The molecule has 0 aliphatic carbocycles. The van der Waals surface area contributed by atoms with E-state index in [4.69, 9.17) is 0 Å². The summed E-state index contributed by atoms with van der Waals surface area (Å²) in [5.74, 6) is 0.662. The van der Waals surface area contributed by atoms with Crippen LogP contribution in [0.2, 0.25) is 0 Å². The van der Waals surface area contributed by atoms with E-state index in [2.05, 4.69) is 36.4 Å². The van der Waals surface area contributed by atoms with Gasteiger partial charge in [-0.15, -0.1) is 10.2 Å². The van der Waals surface area contributed by atoms with Gasteiger partial charge in [0.05, 0.1) is 6.54 Å². The minimum Gasteiger partial charge on any atom is -0.367 e. The van der Waals surface area contributed by atoms with Crippen LogP contribution < -0.4 is 21.3 Å². The van der Waals surface area contributed by atoms with Crippen LogP contribution in [0.1, 0.15) is 10.4 Å². The van der Waals surface area contributed by atoms with E-state index in [-0.39, 0.29) is 18.4 Å². The number of benzene rings is 1. The summed E-state index contributed by atoms with van der Waals surface area (Å²) in [4.78, 5) is 27.6. The average Bonchev–Trinajstić information content (AvgIpc) is 2.77. The van der Waals surface area contributed by atoms with E-state index in [1.54, 1.807) is 48.8 Å². The molecule has 1 aromatic carbocycles. The monoisotopic (exact) mass is 391 g/mol. The zero-order valence-corrected chi connectivity index (χ0v) is 15.6. The Morgan fingerprint density at radius 1 is 0.793 bits per heavy atom. The number of aromatic nitrogens is 3. The molecule has 0 radical (unpaired) electrons. The molecule has 2 amide bonds. The Kier molecular flexibility index (Phi) is 7.05. The highest BCUT2D eigenvalue weighted by Crippen LogP contribution is 2.13. The molecule has 0 bridgehead atoms. The predicted octanol–water partition coefficient (Wildman–Crippen LogP) is 1.57. The van der Waals surface area contributed by atoms with Crippen molar-refractivity contribution in [1.82, 2.24) is 25.8 Å². The Bertz CT molecular complexity index is 919. The first kappa shape index (κ1) is 19.7. The van der Waals surface area contributed by atoms with Crippen molar-refractivity contribution in [2.24, 2.45) is 0 Å². The van der Waals surface area contributed by atoms with Gasteiger partial charge in [0, 0.05) is 36.7 Å². The zero-order chi connectivity index (χ0) is 20.3. The van der Waals surface area contributed by atoms with E-state index in [0.29, 0.717) is 30.3 Å². The van der Waals surface area contributed by atoms with Gasteiger partial charge in [0.1, 0.15) is 5.82 Å². The first-order chi connectivity index (χ1) is 14.2. The Morgan fingerprint density at radius 2 is 1.52 bits per heavy atom. The van der Waals surface area contributed by atoms with Crippen molar-refractivity contribution in [1.29, 1.82) is 0 Å². The van der Waals surface area contributed by atoms with Crippen LogP contribution in [0.5, 0.6) is 0 Å². The van der Waals surface area contributed by atoms with Gasteiger partial charge in [-0.1, -0.05) is 18.2 Å². The second kappa shape index (κ2) is 10.4. The molecule has 2 aromatic heterocycles. The molecule has 0 fully saturated rings. The van der Waals surface area contributed by atoms with Crippen molar-refractivity contribution in [3.8, 4) is 0 Å². The fraction of sp³-hybridized carbons (Fsp3) is 0.150. The largest absolute Gasteiger partial charge is 0.367 e. The summed E-state index contributed by atoms with van der Waals surface area (Å²) < 4.78 is 0. The van der Waals surface area contributed by atoms with Gasteiger partial charge in [0.25, 0.3) is 5.91 Å². The molecule has 2 heterocycles. The average molecular weight is 391 g/mol. The lowest BCUT2D eigenvalue weighted by atomic mass is 10.2. The third kappa shape index (κ3) is 6.58. The van der Waals surface area contributed by atoms with Gasteiger partial charge < -0.3 is 21.3 Å². The van der Waals surface area contributed by atoms with E-state index in [1.807, 2.05) is 18.2 Å². The molecule has 0 saturated heterocycles. The minimum absolute atomic E-state index is 0.0805. The number of nitrogens with one attached hydrogen (secondary N) is 4. The molecule has 0 atom stereocenters. The minimum atomic E-state index is -0.283. The van der Waals surface area contributed by atoms with Gasteiger partial charge in [-0.05, 0) is 36.4 Å². The molecular weight excluding hydrogens is 370 g/mol. The SMILES string of the molecule is O=C(CNC(=O)c1ccccc1)NCCNc1ccc(Nc2ccncc2)nn1. The van der Waals surface area contributed by atoms with Gasteiger partial charge in [-0.25, -0.2) is 0 Å². The lowest BCUT2D eigenvalue weighted by Crippen LogP contribution is -2.38. The summed E-state index contributed by atoms with van der Waals surface area (Å²) >= 11 is 0. The molecule has 29 heavy (non-hydrogen) atoms. The molecule has 9 nitrogen and oxygen atoms in total. The fourth-order valence-corrected chi connectivity index (χ4v) is 2.38. The van der Waals surface area contributed by atoms with E-state index in [1.165, 1.54) is 0 Å². The van der Waals surface area contributed by atoms with Crippen LogP contribution in [0.3, 0.4) is 0 Å². The Labute approximate surface area is 168 Å². The molecule has 9 heteroatoms. The van der Waals surface area contributed by atoms with Crippen LogP contribution in [-0.2, 0) is 4.79 Å². The zero-order valence-electron chi connectivity index (χ0n) is 15.6. The summed E-state index contributed by atoms with van der Waals surface area (Å²) in [7, 11) is 0. The van der Waals surface area contributed by atoms with E-state index < -0.39 is 0 Å². The number of carbonyl (C=O) groups is 2. The predicted molar refractivity (Wildman–Crippen MR) is 110 cm³/mol. The fourth-order valence-electron chi connectivity index (χ4n) is 2.38. The van der Waals surface area contributed by atoms with Crippen LogP contribution in [0.15, 0.2) is 67.0 Å². The number of carbonyl (C=O) groups excluding carboxylic acids is 2. The van der Waals surface area contributed by atoms with Crippen LogP contribution in [0.4, 0.5) is 17.3 Å². The Balaban J connectivity index is 1.32. The highest BCUT2D eigenvalue weighted by Gasteiger charge is 2.07. The molecule has 4 N–H and O–H groups in total. The van der Waals surface area contributed by atoms with Gasteiger partial charge in [-0.2, -0.15) is 0 Å². The topological polar surface area (TPSA) is 121 Å². The lowest BCUT2D eigenvalue weighted by molar-refractivity contribution is -0.120. The van der Waals surface area contributed by atoms with Crippen molar-refractivity contribution in [3.05, 3.63) is 72.6 Å². The summed E-state index contributed by atoms with van der Waals surface area (Å²) in [6, 6.07) is 16.0. The number of nitrogens with zero attached hydrogens (tertiary/aromatic N) is 3. The van der Waals surface area contributed by atoms with Gasteiger partial charge in [0.2, 0.25) is 5.91 Å². The second-order valence-electron chi connectivity index (χ2n) is 5.99. The van der Waals surface area contributed by atoms with Crippen LogP contribution in [0.25, 0.3) is 0 Å². The third-order valence-corrected chi connectivity index (χ3v) is 3.82. The number of pyridine rings is 1. The molecule has 0 spiro atoms. The van der Waals surface area contributed by atoms with Crippen LogP contribution in [-0.4, -0.2) is 46.6 Å². The maximum Gasteiger partial charge on any atom is 0.251 e. The maximum atomic E-state index is 11.9. The Morgan fingerprint density at radius 3 is 2.24 bits per heavy atom. The van der Waals surface area contributed by atoms with Crippen molar-refractivity contribution < 1.29 is 9.59 Å². The Hall–Kier alpha value is -4.01. The number of hydrogen-bond acceptors (Lipinski definition) is 7. The normalized spacial score (nSPS) is 10.1. The molecule has 3 aromatic rings. The first-order valence-corrected chi connectivity index (χ1v) is 9.05. The lowest BCUT2D eigenvalue weighted by Gasteiger charge is -2.09.